The minimum absolute atomic E-state index is 0.248. The van der Waals surface area contributed by atoms with Gasteiger partial charge in [-0.2, -0.15) is 0 Å². The first-order valence-corrected chi connectivity index (χ1v) is 10.7. The zero-order chi connectivity index (χ0) is 20.9. The lowest BCUT2D eigenvalue weighted by molar-refractivity contribution is -0.130. The van der Waals surface area contributed by atoms with Crippen molar-refractivity contribution in [1.82, 2.24) is 9.88 Å². The molecule has 0 aliphatic carbocycles. The van der Waals surface area contributed by atoms with Crippen LogP contribution in [0.5, 0.6) is 5.75 Å². The Bertz CT molecular complexity index is 1020. The van der Waals surface area contributed by atoms with E-state index in [1.54, 1.807) is 7.11 Å². The van der Waals surface area contributed by atoms with Gasteiger partial charge >= 0.3 is 0 Å². The number of amides is 1. The van der Waals surface area contributed by atoms with Crippen LogP contribution in [0.25, 0.3) is 10.9 Å². The summed E-state index contributed by atoms with van der Waals surface area (Å²) in [5, 5.41) is 1.10. The Balaban J connectivity index is 1.47. The van der Waals surface area contributed by atoms with Crippen LogP contribution in [-0.4, -0.2) is 49.1 Å². The largest absolute Gasteiger partial charge is 0.494 e. The summed E-state index contributed by atoms with van der Waals surface area (Å²) in [4.78, 5) is 21.9. The van der Waals surface area contributed by atoms with Crippen LogP contribution in [0.4, 0.5) is 5.69 Å². The van der Waals surface area contributed by atoms with Crippen LogP contribution in [-0.2, 0) is 11.2 Å². The molecule has 2 aromatic carbocycles. The first kappa shape index (κ1) is 20.2. The van der Waals surface area contributed by atoms with Gasteiger partial charge in [-0.05, 0) is 37.5 Å². The van der Waals surface area contributed by atoms with Gasteiger partial charge in [-0.3, -0.25) is 4.79 Å². The minimum Gasteiger partial charge on any atom is -0.494 e. The number of ether oxygens (including phenoxy) is 1. The molecule has 1 aromatic heterocycles. The first-order chi connectivity index (χ1) is 14.7. The molecule has 0 N–H and O–H groups in total. The number of anilines is 1. The van der Waals surface area contributed by atoms with Crippen LogP contribution in [0.1, 0.15) is 24.1 Å². The van der Waals surface area contributed by atoms with Crippen LogP contribution >= 0.6 is 0 Å². The van der Waals surface area contributed by atoms with Crippen molar-refractivity contribution in [1.29, 1.82) is 0 Å². The highest BCUT2D eigenvalue weighted by atomic mass is 16.5. The van der Waals surface area contributed by atoms with Gasteiger partial charge in [-0.1, -0.05) is 42.5 Å². The monoisotopic (exact) mass is 403 g/mol. The lowest BCUT2D eigenvalue weighted by Crippen LogP contribution is -2.35. The van der Waals surface area contributed by atoms with E-state index in [0.717, 1.165) is 61.4 Å². The highest BCUT2D eigenvalue weighted by molar-refractivity contribution is 5.95. The normalized spacial score (nSPS) is 14.6. The van der Waals surface area contributed by atoms with Crippen molar-refractivity contribution in [3.8, 4) is 5.75 Å². The molecule has 1 fully saturated rings. The van der Waals surface area contributed by atoms with E-state index in [9.17, 15) is 4.79 Å². The Kier molecular flexibility index (Phi) is 6.17. The molecule has 0 unspecified atom stereocenters. The van der Waals surface area contributed by atoms with Gasteiger partial charge in [0.15, 0.2) is 0 Å². The van der Waals surface area contributed by atoms with Gasteiger partial charge in [0.2, 0.25) is 5.91 Å². The molecule has 0 spiro atoms. The molecule has 3 aromatic rings. The standard InChI is InChI=1S/C25H29N3O2/c1-19-18-22(21-10-6-11-23(30-2)25(21)26-19)27-14-7-15-28(17-16-27)24(29)13-12-20-8-4-3-5-9-20/h3-6,8-11,18H,7,12-17H2,1-2H3. The average Bonchev–Trinajstić information content (AvgIpc) is 3.03. The number of hydrogen-bond acceptors (Lipinski definition) is 4. The molecule has 5 heteroatoms. The summed E-state index contributed by atoms with van der Waals surface area (Å²) < 4.78 is 5.53. The molecule has 156 valence electrons. The number of para-hydroxylation sites is 1. The predicted octanol–water partition coefficient (Wildman–Crippen LogP) is 4.22. The molecule has 30 heavy (non-hydrogen) atoms. The molecule has 1 aliphatic rings. The molecule has 4 rings (SSSR count). The van der Waals surface area contributed by atoms with E-state index in [1.807, 2.05) is 42.2 Å². The summed E-state index contributed by atoms with van der Waals surface area (Å²) in [5.74, 6) is 1.04. The first-order valence-electron chi connectivity index (χ1n) is 10.7. The maximum Gasteiger partial charge on any atom is 0.222 e. The zero-order valence-electron chi connectivity index (χ0n) is 17.8. The van der Waals surface area contributed by atoms with E-state index in [0.29, 0.717) is 6.42 Å². The van der Waals surface area contributed by atoms with Crippen LogP contribution in [0.2, 0.25) is 0 Å². The number of pyridine rings is 1. The highest BCUT2D eigenvalue weighted by Crippen LogP contribution is 2.32. The fourth-order valence-corrected chi connectivity index (χ4v) is 4.22. The second kappa shape index (κ2) is 9.16. The van der Waals surface area contributed by atoms with Crippen LogP contribution in [0.3, 0.4) is 0 Å². The van der Waals surface area contributed by atoms with Gasteiger partial charge in [-0.25, -0.2) is 4.98 Å². The SMILES string of the molecule is COc1cccc2c(N3CCCN(C(=O)CCc4ccccc4)CC3)cc(C)nc12. The van der Waals surface area contributed by atoms with Crippen LogP contribution in [0, 0.1) is 6.92 Å². The topological polar surface area (TPSA) is 45.7 Å². The number of nitrogens with zero attached hydrogens (tertiary/aromatic N) is 3. The second-order valence-corrected chi connectivity index (χ2v) is 7.85. The van der Waals surface area contributed by atoms with Gasteiger partial charge < -0.3 is 14.5 Å². The number of aromatic nitrogens is 1. The Hall–Kier alpha value is -3.08. The number of carbonyl (C=O) groups is 1. The quantitative estimate of drug-likeness (QED) is 0.640. The number of carbonyl (C=O) groups excluding carboxylic acids is 1. The summed E-state index contributed by atoms with van der Waals surface area (Å²) >= 11 is 0. The molecular formula is C25H29N3O2. The third kappa shape index (κ3) is 4.40. The van der Waals surface area contributed by atoms with Gasteiger partial charge in [0.1, 0.15) is 11.3 Å². The smallest absolute Gasteiger partial charge is 0.222 e. The molecule has 2 heterocycles. The Labute approximate surface area is 178 Å². The summed E-state index contributed by atoms with van der Waals surface area (Å²) in [5.41, 5.74) is 4.27. The summed E-state index contributed by atoms with van der Waals surface area (Å²) in [6.07, 6.45) is 2.33. The Morgan fingerprint density at radius 1 is 1.03 bits per heavy atom. The minimum atomic E-state index is 0.248. The van der Waals surface area contributed by atoms with Crippen molar-refractivity contribution >= 4 is 22.5 Å². The lowest BCUT2D eigenvalue weighted by Gasteiger charge is -2.25. The van der Waals surface area contributed by atoms with Crippen molar-refractivity contribution < 1.29 is 9.53 Å². The van der Waals surface area contributed by atoms with E-state index in [1.165, 1.54) is 11.3 Å². The molecule has 0 radical (unpaired) electrons. The maximum absolute atomic E-state index is 12.8. The molecule has 5 nitrogen and oxygen atoms in total. The van der Waals surface area contributed by atoms with Crippen molar-refractivity contribution in [3.63, 3.8) is 0 Å². The number of methoxy groups -OCH3 is 1. The Morgan fingerprint density at radius 2 is 1.87 bits per heavy atom. The summed E-state index contributed by atoms with van der Waals surface area (Å²) in [7, 11) is 1.68. The van der Waals surface area contributed by atoms with E-state index in [2.05, 4.69) is 29.2 Å². The fourth-order valence-electron chi connectivity index (χ4n) is 4.22. The van der Waals surface area contributed by atoms with Gasteiger partial charge in [-0.15, -0.1) is 0 Å². The zero-order valence-corrected chi connectivity index (χ0v) is 17.8. The average molecular weight is 404 g/mol. The fraction of sp³-hybridized carbons (Fsp3) is 0.360. The third-order valence-corrected chi connectivity index (χ3v) is 5.79. The molecule has 0 bridgehead atoms. The molecule has 0 atom stereocenters. The molecule has 1 aliphatic heterocycles. The van der Waals surface area contributed by atoms with Crippen LogP contribution in [0.15, 0.2) is 54.6 Å². The van der Waals surface area contributed by atoms with E-state index < -0.39 is 0 Å². The van der Waals surface area contributed by atoms with Gasteiger partial charge in [0.05, 0.1) is 7.11 Å². The second-order valence-electron chi connectivity index (χ2n) is 7.85. The summed E-state index contributed by atoms with van der Waals surface area (Å²) in [6, 6.07) is 18.5. The molecule has 1 amide bonds. The van der Waals surface area contributed by atoms with E-state index >= 15 is 0 Å². The number of fused-ring (bicyclic) bond motifs is 1. The maximum atomic E-state index is 12.8. The van der Waals surface area contributed by atoms with E-state index in [4.69, 9.17) is 9.72 Å². The van der Waals surface area contributed by atoms with Crippen molar-refractivity contribution in [2.24, 2.45) is 0 Å². The molecular weight excluding hydrogens is 374 g/mol. The number of rotatable bonds is 5. The van der Waals surface area contributed by atoms with Crippen molar-refractivity contribution in [2.75, 3.05) is 38.2 Å². The number of hydrogen-bond donors (Lipinski definition) is 0. The van der Waals surface area contributed by atoms with Gasteiger partial charge in [0.25, 0.3) is 0 Å². The van der Waals surface area contributed by atoms with Crippen LogP contribution < -0.4 is 9.64 Å². The van der Waals surface area contributed by atoms with Crippen molar-refractivity contribution in [3.05, 3.63) is 65.9 Å². The summed E-state index contributed by atoms with van der Waals surface area (Å²) in [6.45, 7) is 5.34. The predicted molar refractivity (Wildman–Crippen MR) is 121 cm³/mol. The number of benzene rings is 2. The van der Waals surface area contributed by atoms with Crippen molar-refractivity contribution in [2.45, 2.75) is 26.2 Å². The van der Waals surface area contributed by atoms with E-state index in [-0.39, 0.29) is 5.91 Å². The molecule has 0 saturated carbocycles. The number of aryl methyl sites for hydroxylation is 2. The van der Waals surface area contributed by atoms with Gasteiger partial charge in [0, 0.05) is 49.4 Å². The Morgan fingerprint density at radius 3 is 2.67 bits per heavy atom. The highest BCUT2D eigenvalue weighted by Gasteiger charge is 2.21. The third-order valence-electron chi connectivity index (χ3n) is 5.79. The lowest BCUT2D eigenvalue weighted by atomic mass is 10.1. The molecule has 1 saturated heterocycles.